The molecule has 1 heterocycles. The van der Waals surface area contributed by atoms with Crippen molar-refractivity contribution in [2.45, 2.75) is 36.8 Å². The van der Waals surface area contributed by atoms with Gasteiger partial charge in [-0.25, -0.2) is 8.42 Å². The lowest BCUT2D eigenvalue weighted by molar-refractivity contribution is 0.102. The van der Waals surface area contributed by atoms with Crippen LogP contribution in [0.15, 0.2) is 29.2 Å². The molecule has 0 fully saturated rings. The number of aromatic nitrogens is 2. The van der Waals surface area contributed by atoms with Gasteiger partial charge in [0.25, 0.3) is 5.91 Å². The van der Waals surface area contributed by atoms with Crippen molar-refractivity contribution < 1.29 is 22.0 Å². The van der Waals surface area contributed by atoms with Gasteiger partial charge in [-0.05, 0) is 24.3 Å². The molecule has 0 aliphatic heterocycles. The average Bonchev–Trinajstić information content (AvgIpc) is 2.96. The molecular weight excluding hydrogens is 360 g/mol. The molecule has 0 radical (unpaired) electrons. The second-order valence-corrected chi connectivity index (χ2v) is 8.84. The van der Waals surface area contributed by atoms with Crippen LogP contribution in [0.1, 0.15) is 36.1 Å². The molecule has 0 atom stereocenters. The van der Waals surface area contributed by atoms with E-state index in [-0.39, 0.29) is 11.0 Å². The summed E-state index contributed by atoms with van der Waals surface area (Å²) in [7, 11) is -4.68. The highest BCUT2D eigenvalue weighted by Crippen LogP contribution is 2.28. The molecule has 0 aliphatic rings. The molecule has 1 amide bonds. The predicted molar refractivity (Wildman–Crippen MR) is 86.2 cm³/mol. The van der Waals surface area contributed by atoms with Crippen molar-refractivity contribution in [3.63, 3.8) is 0 Å². The summed E-state index contributed by atoms with van der Waals surface area (Å²) in [5.74, 6) is -4.04. The first-order valence-corrected chi connectivity index (χ1v) is 9.15. The van der Waals surface area contributed by atoms with Crippen molar-refractivity contribution in [1.82, 2.24) is 10.2 Å². The molecule has 0 bridgehead atoms. The van der Waals surface area contributed by atoms with Crippen molar-refractivity contribution in [2.75, 3.05) is 5.32 Å². The lowest BCUT2D eigenvalue weighted by Crippen LogP contribution is -2.14. The Morgan fingerprint density at radius 3 is 2.21 bits per heavy atom. The Kier molecular flexibility index (Phi) is 5.00. The monoisotopic (exact) mass is 375 g/mol. The number of rotatable bonds is 4. The van der Waals surface area contributed by atoms with Crippen LogP contribution < -0.4 is 5.32 Å². The molecule has 1 aromatic carbocycles. The second kappa shape index (κ2) is 6.52. The first kappa shape index (κ1) is 18.4. The Morgan fingerprint density at radius 1 is 1.17 bits per heavy atom. The minimum absolute atomic E-state index is 0.121. The maximum absolute atomic E-state index is 12.5. The Balaban J connectivity index is 2.15. The van der Waals surface area contributed by atoms with E-state index < -0.39 is 26.4 Å². The third kappa shape index (κ3) is 3.93. The van der Waals surface area contributed by atoms with Gasteiger partial charge in [-0.3, -0.25) is 10.1 Å². The Labute approximate surface area is 141 Å². The minimum Gasteiger partial charge on any atom is -0.296 e. The predicted octanol–water partition coefficient (Wildman–Crippen LogP) is 3.08. The van der Waals surface area contributed by atoms with Crippen LogP contribution in [-0.2, 0) is 15.3 Å². The number of carbonyl (C=O) groups excluding carboxylic acids is 1. The molecular formula is C14H15F2N3O3S2. The van der Waals surface area contributed by atoms with E-state index in [4.69, 9.17) is 0 Å². The Hall–Kier alpha value is -1.94. The molecule has 24 heavy (non-hydrogen) atoms. The lowest BCUT2D eigenvalue weighted by Gasteiger charge is -2.12. The van der Waals surface area contributed by atoms with Crippen LogP contribution >= 0.6 is 11.3 Å². The molecule has 0 aliphatic carbocycles. The number of alkyl halides is 2. The average molecular weight is 375 g/mol. The number of sulfone groups is 1. The smallest absolute Gasteiger partial charge is 0.296 e. The fourth-order valence-electron chi connectivity index (χ4n) is 1.64. The van der Waals surface area contributed by atoms with E-state index in [0.29, 0.717) is 5.13 Å². The molecule has 1 N–H and O–H groups in total. The maximum Gasteiger partial charge on any atom is 0.341 e. The van der Waals surface area contributed by atoms with E-state index in [2.05, 4.69) is 15.5 Å². The van der Waals surface area contributed by atoms with E-state index in [1.54, 1.807) is 0 Å². The molecule has 0 saturated heterocycles. The highest BCUT2D eigenvalue weighted by atomic mass is 32.2. The minimum atomic E-state index is -4.68. The number of nitrogens with one attached hydrogen (secondary N) is 1. The number of amides is 1. The Morgan fingerprint density at radius 2 is 1.75 bits per heavy atom. The first-order valence-electron chi connectivity index (χ1n) is 6.79. The van der Waals surface area contributed by atoms with Crippen LogP contribution in [0.2, 0.25) is 0 Å². The van der Waals surface area contributed by atoms with Gasteiger partial charge < -0.3 is 0 Å². The summed E-state index contributed by atoms with van der Waals surface area (Å²) in [6.45, 7) is 5.88. The summed E-state index contributed by atoms with van der Waals surface area (Å²) in [4.78, 5) is 11.6. The van der Waals surface area contributed by atoms with E-state index in [1.165, 1.54) is 11.3 Å². The first-order chi connectivity index (χ1) is 11.0. The summed E-state index contributed by atoms with van der Waals surface area (Å²) in [6, 6.07) is 4.26. The number of carbonyl (C=O) groups is 1. The van der Waals surface area contributed by atoms with E-state index >= 15 is 0 Å². The largest absolute Gasteiger partial charge is 0.341 e. The van der Waals surface area contributed by atoms with Crippen LogP contribution in [0.3, 0.4) is 0 Å². The highest BCUT2D eigenvalue weighted by molar-refractivity contribution is 7.91. The van der Waals surface area contributed by atoms with Crippen molar-refractivity contribution in [3.8, 4) is 0 Å². The zero-order valence-electron chi connectivity index (χ0n) is 13.1. The van der Waals surface area contributed by atoms with E-state index in [0.717, 1.165) is 29.3 Å². The third-order valence-electron chi connectivity index (χ3n) is 2.97. The highest BCUT2D eigenvalue weighted by Gasteiger charge is 2.26. The molecule has 0 spiro atoms. The van der Waals surface area contributed by atoms with Crippen molar-refractivity contribution in [3.05, 3.63) is 34.8 Å². The molecule has 6 nitrogen and oxygen atoms in total. The number of anilines is 1. The fraction of sp³-hybridized carbons (Fsp3) is 0.357. The van der Waals surface area contributed by atoms with Crippen molar-refractivity contribution in [1.29, 1.82) is 0 Å². The molecule has 10 heteroatoms. The lowest BCUT2D eigenvalue weighted by atomic mass is 9.98. The summed E-state index contributed by atoms with van der Waals surface area (Å²) in [6.07, 6.45) is 0. The molecule has 130 valence electrons. The third-order valence-corrected chi connectivity index (χ3v) is 5.63. The summed E-state index contributed by atoms with van der Waals surface area (Å²) in [5.41, 5.74) is -0.0814. The zero-order chi connectivity index (χ0) is 18.1. The summed E-state index contributed by atoms with van der Waals surface area (Å²) in [5, 5.41) is 11.4. The van der Waals surface area contributed by atoms with Crippen LogP contribution in [0.4, 0.5) is 13.9 Å². The van der Waals surface area contributed by atoms with Crippen LogP contribution in [0.25, 0.3) is 0 Å². The maximum atomic E-state index is 12.5. The second-order valence-electron chi connectivity index (χ2n) is 5.95. The zero-order valence-corrected chi connectivity index (χ0v) is 14.7. The fourth-order valence-corrected chi connectivity index (χ4v) is 3.16. The van der Waals surface area contributed by atoms with E-state index in [1.807, 2.05) is 20.8 Å². The van der Waals surface area contributed by atoms with Gasteiger partial charge >= 0.3 is 5.76 Å². The molecule has 2 aromatic rings. The number of benzene rings is 1. The van der Waals surface area contributed by atoms with Gasteiger partial charge in [0.2, 0.25) is 15.0 Å². The molecule has 1 aromatic heterocycles. The van der Waals surface area contributed by atoms with Gasteiger partial charge in [0, 0.05) is 11.0 Å². The van der Waals surface area contributed by atoms with Crippen molar-refractivity contribution >= 4 is 32.2 Å². The van der Waals surface area contributed by atoms with Gasteiger partial charge in [-0.2, -0.15) is 8.78 Å². The van der Waals surface area contributed by atoms with Crippen molar-refractivity contribution in [2.24, 2.45) is 0 Å². The number of hydrogen-bond acceptors (Lipinski definition) is 6. The quantitative estimate of drug-likeness (QED) is 0.887. The summed E-state index contributed by atoms with van der Waals surface area (Å²) >= 11 is 1.22. The van der Waals surface area contributed by atoms with Crippen LogP contribution in [0.5, 0.6) is 0 Å². The van der Waals surface area contributed by atoms with Gasteiger partial charge in [0.05, 0.1) is 4.90 Å². The van der Waals surface area contributed by atoms with E-state index in [9.17, 15) is 22.0 Å². The van der Waals surface area contributed by atoms with Gasteiger partial charge in [-0.1, -0.05) is 32.1 Å². The van der Waals surface area contributed by atoms with Crippen LogP contribution in [-0.4, -0.2) is 30.3 Å². The molecule has 2 rings (SSSR count). The number of hydrogen-bond donors (Lipinski definition) is 1. The van der Waals surface area contributed by atoms with Gasteiger partial charge in [0.1, 0.15) is 5.01 Å². The number of nitrogens with zero attached hydrogens (tertiary/aromatic N) is 2. The molecule has 0 saturated carbocycles. The Bertz CT molecular complexity index is 841. The summed E-state index contributed by atoms with van der Waals surface area (Å²) < 4.78 is 47.6. The standard InChI is InChI=1S/C14H15F2N3O3S2/c1-14(2,3)11-18-19-13(23-11)17-10(20)8-4-6-9(7-5-8)24(21,22)12(15)16/h4-7,12H,1-3H3,(H,17,19,20). The molecule has 0 unspecified atom stereocenters. The topological polar surface area (TPSA) is 89.0 Å². The van der Waals surface area contributed by atoms with Gasteiger partial charge in [-0.15, -0.1) is 10.2 Å². The number of halogens is 2. The van der Waals surface area contributed by atoms with Gasteiger partial charge in [0.15, 0.2) is 0 Å². The normalized spacial score (nSPS) is 12.4. The SMILES string of the molecule is CC(C)(C)c1nnc(NC(=O)c2ccc(S(=O)(=O)C(F)F)cc2)s1. The van der Waals surface area contributed by atoms with Crippen LogP contribution in [0, 0.1) is 0 Å².